The topological polar surface area (TPSA) is 99.1 Å². The van der Waals surface area contributed by atoms with Crippen LogP contribution in [0.5, 0.6) is 0 Å². The number of unbranched alkanes of at least 4 members (excludes halogenated alkanes) is 4. The molecule has 3 rings (SSSR count). The van der Waals surface area contributed by atoms with Crippen LogP contribution in [0.2, 0.25) is 0 Å². The van der Waals surface area contributed by atoms with Crippen LogP contribution in [-0.4, -0.2) is 48.3 Å². The van der Waals surface area contributed by atoms with Gasteiger partial charge >= 0.3 is 11.9 Å². The minimum atomic E-state index is -1.28. The van der Waals surface area contributed by atoms with Gasteiger partial charge in [0.2, 0.25) is 5.78 Å². The number of rotatable bonds is 9. The van der Waals surface area contributed by atoms with E-state index in [2.05, 4.69) is 11.7 Å². The fraction of sp³-hybridized carbons (Fsp3) is 0.625. The quantitative estimate of drug-likeness (QED) is 0.339. The van der Waals surface area contributed by atoms with Gasteiger partial charge in [-0.25, -0.2) is 4.79 Å². The highest BCUT2D eigenvalue weighted by atomic mass is 16.6. The van der Waals surface area contributed by atoms with Gasteiger partial charge in [0.05, 0.1) is 19.1 Å². The summed E-state index contributed by atoms with van der Waals surface area (Å²) >= 11 is 0. The van der Waals surface area contributed by atoms with Crippen LogP contribution in [0.15, 0.2) is 35.1 Å². The molecule has 0 radical (unpaired) electrons. The highest BCUT2D eigenvalue weighted by molar-refractivity contribution is 6.07. The number of aliphatic hydroxyl groups excluding tert-OH is 1. The highest BCUT2D eigenvalue weighted by Gasteiger charge is 2.61. The Morgan fingerprint density at radius 3 is 2.77 bits per heavy atom. The third-order valence-corrected chi connectivity index (χ3v) is 6.58. The molecule has 1 aliphatic carbocycles. The second-order valence-electron chi connectivity index (χ2n) is 8.66. The number of Topliss-reactive ketones (excluding diaryl/α,β-unsaturated/α-hetero) is 1. The number of hydrogen-bond acceptors (Lipinski definition) is 7. The Morgan fingerprint density at radius 2 is 2.06 bits per heavy atom. The number of allylic oxidation sites excluding steroid dienone is 3. The number of esters is 2. The molecule has 0 saturated carbocycles. The van der Waals surface area contributed by atoms with Crippen molar-refractivity contribution < 1.29 is 33.7 Å². The second-order valence-corrected chi connectivity index (χ2v) is 8.66. The van der Waals surface area contributed by atoms with Crippen LogP contribution in [0.1, 0.15) is 58.8 Å². The van der Waals surface area contributed by atoms with Crippen molar-refractivity contribution in [3.8, 4) is 0 Å². The molecule has 1 N–H and O–H groups in total. The average Bonchev–Trinajstić information content (AvgIpc) is 3.02. The van der Waals surface area contributed by atoms with Crippen molar-refractivity contribution in [2.24, 2.45) is 11.8 Å². The maximum atomic E-state index is 13.2. The van der Waals surface area contributed by atoms with E-state index in [1.54, 1.807) is 13.0 Å². The highest BCUT2D eigenvalue weighted by Crippen LogP contribution is 2.49. The molecule has 4 atom stereocenters. The molecule has 31 heavy (non-hydrogen) atoms. The van der Waals surface area contributed by atoms with Gasteiger partial charge in [-0.15, -0.1) is 0 Å². The van der Waals surface area contributed by atoms with Gasteiger partial charge in [-0.2, -0.15) is 0 Å². The van der Waals surface area contributed by atoms with Crippen LogP contribution in [-0.2, 0) is 28.6 Å². The third-order valence-electron chi connectivity index (χ3n) is 6.58. The summed E-state index contributed by atoms with van der Waals surface area (Å²) in [5.74, 6) is -1.99. The molecule has 0 bridgehead atoms. The molecular formula is C24H32O7. The van der Waals surface area contributed by atoms with Gasteiger partial charge in [0.25, 0.3) is 0 Å². The van der Waals surface area contributed by atoms with E-state index >= 15 is 0 Å². The normalized spacial score (nSPS) is 28.6. The zero-order valence-corrected chi connectivity index (χ0v) is 18.5. The maximum Gasteiger partial charge on any atom is 0.330 e. The van der Waals surface area contributed by atoms with Crippen molar-refractivity contribution in [2.45, 2.75) is 70.5 Å². The first-order valence-electron chi connectivity index (χ1n) is 11.1. The first kappa shape index (κ1) is 23.3. The van der Waals surface area contributed by atoms with E-state index in [-0.39, 0.29) is 12.4 Å². The van der Waals surface area contributed by atoms with Gasteiger partial charge in [-0.3, -0.25) is 9.59 Å². The molecule has 1 unspecified atom stereocenters. The summed E-state index contributed by atoms with van der Waals surface area (Å²) < 4.78 is 15.8. The molecule has 2 heterocycles. The molecule has 7 nitrogen and oxygen atoms in total. The lowest BCUT2D eigenvalue weighted by Gasteiger charge is -2.37. The number of fused-ring (bicyclic) bond motifs is 1. The summed E-state index contributed by atoms with van der Waals surface area (Å²) in [6.45, 7) is 3.84. The summed E-state index contributed by atoms with van der Waals surface area (Å²) in [5.41, 5.74) is -0.0292. The van der Waals surface area contributed by atoms with Crippen molar-refractivity contribution in [2.75, 3.05) is 13.7 Å². The summed E-state index contributed by atoms with van der Waals surface area (Å²) in [7, 11) is 1.29. The number of ether oxygens (including phenoxy) is 3. The molecule has 7 heteroatoms. The van der Waals surface area contributed by atoms with Crippen molar-refractivity contribution in [1.82, 2.24) is 0 Å². The van der Waals surface area contributed by atoms with E-state index in [4.69, 9.17) is 9.47 Å². The Kier molecular flexibility index (Phi) is 7.36. The van der Waals surface area contributed by atoms with Crippen LogP contribution in [0.25, 0.3) is 0 Å². The summed E-state index contributed by atoms with van der Waals surface area (Å²) in [4.78, 5) is 37.2. The molecule has 2 aliphatic heterocycles. The fourth-order valence-electron chi connectivity index (χ4n) is 4.75. The monoisotopic (exact) mass is 432 g/mol. The SMILES string of the molecule is CCCCCCCC(O)[C@H]1C(=O)O[C@@]2(C)C(=O)C3=C(C=C(/C=C/C(=O)OC)OC3)C[C@H]12. The van der Waals surface area contributed by atoms with E-state index in [1.807, 2.05) is 0 Å². The third kappa shape index (κ3) is 4.76. The Morgan fingerprint density at radius 1 is 1.32 bits per heavy atom. The van der Waals surface area contributed by atoms with Crippen LogP contribution < -0.4 is 0 Å². The predicted molar refractivity (Wildman–Crippen MR) is 113 cm³/mol. The smallest absolute Gasteiger partial charge is 0.330 e. The van der Waals surface area contributed by atoms with Crippen molar-refractivity contribution in [3.05, 3.63) is 35.1 Å². The molecule has 0 amide bonds. The van der Waals surface area contributed by atoms with E-state index in [0.717, 1.165) is 37.7 Å². The molecular weight excluding hydrogens is 400 g/mol. The zero-order valence-electron chi connectivity index (χ0n) is 18.5. The van der Waals surface area contributed by atoms with Crippen molar-refractivity contribution in [1.29, 1.82) is 0 Å². The number of carbonyl (C=O) groups is 3. The molecule has 1 saturated heterocycles. The van der Waals surface area contributed by atoms with Gasteiger partial charge < -0.3 is 19.3 Å². The number of methoxy groups -OCH3 is 1. The maximum absolute atomic E-state index is 13.2. The number of aliphatic hydroxyl groups is 1. The van der Waals surface area contributed by atoms with Gasteiger partial charge in [-0.1, -0.05) is 39.0 Å². The van der Waals surface area contributed by atoms with Gasteiger partial charge in [0, 0.05) is 17.6 Å². The van der Waals surface area contributed by atoms with E-state index in [9.17, 15) is 19.5 Å². The number of carbonyl (C=O) groups excluding carboxylic acids is 3. The average molecular weight is 433 g/mol. The largest absolute Gasteiger partial charge is 0.489 e. The Labute approximate surface area is 183 Å². The van der Waals surface area contributed by atoms with Gasteiger partial charge in [0.15, 0.2) is 5.60 Å². The van der Waals surface area contributed by atoms with Crippen LogP contribution in [0.4, 0.5) is 0 Å². The lowest BCUT2D eigenvalue weighted by molar-refractivity contribution is -0.158. The zero-order chi connectivity index (χ0) is 22.6. The predicted octanol–water partition coefficient (Wildman–Crippen LogP) is 3.17. The summed E-state index contributed by atoms with van der Waals surface area (Å²) in [5, 5.41) is 10.8. The van der Waals surface area contributed by atoms with Crippen LogP contribution in [0.3, 0.4) is 0 Å². The van der Waals surface area contributed by atoms with Crippen molar-refractivity contribution >= 4 is 17.7 Å². The minimum absolute atomic E-state index is 0.0516. The van der Waals surface area contributed by atoms with Crippen LogP contribution in [0, 0.1) is 11.8 Å². The Balaban J connectivity index is 1.77. The lowest BCUT2D eigenvalue weighted by atomic mass is 9.67. The summed E-state index contributed by atoms with van der Waals surface area (Å²) in [6, 6.07) is 0. The first-order chi connectivity index (χ1) is 14.8. The summed E-state index contributed by atoms with van der Waals surface area (Å²) in [6.07, 6.45) is 9.84. The molecule has 0 aromatic carbocycles. The van der Waals surface area contributed by atoms with E-state index in [1.165, 1.54) is 19.3 Å². The Hall–Kier alpha value is -2.41. The molecule has 0 aromatic heterocycles. The standard InChI is InChI=1S/C24H32O7/c1-4-5-6-7-8-9-19(25)21-18-13-15-12-16(10-11-20(26)29-3)30-14-17(15)22(27)24(18,2)31-23(21)28/h10-12,18-19,21,25H,4-9,13-14H2,1-3H3/b11-10+/t18-,19?,21+,24-/m1/s1. The number of hydrogen-bond donors (Lipinski definition) is 1. The van der Waals surface area contributed by atoms with E-state index in [0.29, 0.717) is 24.2 Å². The molecule has 170 valence electrons. The van der Waals surface area contributed by atoms with E-state index < -0.39 is 35.5 Å². The molecule has 0 spiro atoms. The molecule has 3 aliphatic rings. The minimum Gasteiger partial charge on any atom is -0.489 e. The second kappa shape index (κ2) is 9.81. The fourth-order valence-corrected chi connectivity index (χ4v) is 4.75. The number of ketones is 1. The Bertz CT molecular complexity index is 822. The van der Waals surface area contributed by atoms with Gasteiger partial charge in [0.1, 0.15) is 12.4 Å². The first-order valence-corrected chi connectivity index (χ1v) is 11.1. The molecule has 1 fully saturated rings. The lowest BCUT2D eigenvalue weighted by Crippen LogP contribution is -2.48. The van der Waals surface area contributed by atoms with Crippen LogP contribution >= 0.6 is 0 Å². The molecule has 0 aromatic rings. The van der Waals surface area contributed by atoms with Gasteiger partial charge in [-0.05, 0) is 37.5 Å². The van der Waals surface area contributed by atoms with Crippen molar-refractivity contribution in [3.63, 3.8) is 0 Å².